The maximum Gasteiger partial charge on any atom is 0.0706 e. The zero-order chi connectivity index (χ0) is 12.5. The second-order valence-electron chi connectivity index (χ2n) is 5.25. The number of rotatable bonds is 1. The van der Waals surface area contributed by atoms with Crippen molar-refractivity contribution in [3.63, 3.8) is 0 Å². The summed E-state index contributed by atoms with van der Waals surface area (Å²) in [6, 6.07) is 8.92. The van der Waals surface area contributed by atoms with Crippen molar-refractivity contribution < 1.29 is 0 Å². The van der Waals surface area contributed by atoms with E-state index in [0.717, 1.165) is 23.4 Å². The van der Waals surface area contributed by atoms with Gasteiger partial charge in [-0.25, -0.2) is 0 Å². The predicted molar refractivity (Wildman–Crippen MR) is 75.9 cm³/mol. The summed E-state index contributed by atoms with van der Waals surface area (Å²) < 4.78 is 0. The molecule has 1 saturated heterocycles. The zero-order valence-corrected chi connectivity index (χ0v) is 11.2. The number of hydrogen-bond donors (Lipinski definition) is 1. The van der Waals surface area contributed by atoms with Crippen LogP contribution in [0.4, 0.5) is 0 Å². The van der Waals surface area contributed by atoms with Crippen LogP contribution in [0.25, 0.3) is 10.9 Å². The highest BCUT2D eigenvalue weighted by atomic mass is 35.5. The third-order valence-electron chi connectivity index (χ3n) is 3.74. The summed E-state index contributed by atoms with van der Waals surface area (Å²) in [6.45, 7) is 3.41. The van der Waals surface area contributed by atoms with Gasteiger partial charge in [0.05, 0.1) is 10.5 Å². The van der Waals surface area contributed by atoms with Gasteiger partial charge in [0.2, 0.25) is 0 Å². The van der Waals surface area contributed by atoms with E-state index in [1.54, 1.807) is 6.20 Å². The normalized spacial score (nSPS) is 24.3. The number of nitrogens with one attached hydrogen (secondary N) is 1. The number of piperidine rings is 1. The highest BCUT2D eigenvalue weighted by molar-refractivity contribution is 6.31. The molecule has 0 amide bonds. The molecule has 0 bridgehead atoms. The van der Waals surface area contributed by atoms with Crippen molar-refractivity contribution in [1.82, 2.24) is 10.3 Å². The molecule has 1 fully saturated rings. The van der Waals surface area contributed by atoms with Crippen LogP contribution < -0.4 is 5.32 Å². The molecule has 0 saturated carbocycles. The fourth-order valence-electron chi connectivity index (χ4n) is 2.61. The lowest BCUT2D eigenvalue weighted by atomic mass is 9.92. The van der Waals surface area contributed by atoms with Gasteiger partial charge in [0.15, 0.2) is 0 Å². The van der Waals surface area contributed by atoms with Gasteiger partial charge in [0, 0.05) is 17.6 Å². The van der Waals surface area contributed by atoms with Gasteiger partial charge in [-0.1, -0.05) is 30.7 Å². The lowest BCUT2D eigenvalue weighted by molar-refractivity contribution is 0.333. The van der Waals surface area contributed by atoms with Crippen molar-refractivity contribution in [3.05, 3.63) is 41.0 Å². The molecule has 0 aliphatic carbocycles. The standard InChI is InChI=1S/C15H17ClN2/c1-10-2-5-14(17-8-10)12-4-3-11-6-13(16)9-18-15(11)7-12/h3-4,6-7,9-10,14,17H,2,5,8H2,1H3/t10-,14+/m0/s1. The summed E-state index contributed by atoms with van der Waals surface area (Å²) >= 11 is 5.95. The number of benzene rings is 1. The van der Waals surface area contributed by atoms with Crippen LogP contribution in [0.2, 0.25) is 5.02 Å². The van der Waals surface area contributed by atoms with Crippen molar-refractivity contribution in [2.24, 2.45) is 5.92 Å². The first kappa shape index (κ1) is 11.9. The molecule has 2 aromatic rings. The van der Waals surface area contributed by atoms with Crippen molar-refractivity contribution in [1.29, 1.82) is 0 Å². The summed E-state index contributed by atoms with van der Waals surface area (Å²) in [5.41, 5.74) is 2.36. The first-order valence-corrected chi connectivity index (χ1v) is 6.89. The smallest absolute Gasteiger partial charge is 0.0706 e. The lowest BCUT2D eigenvalue weighted by Crippen LogP contribution is -2.31. The fraction of sp³-hybridized carbons (Fsp3) is 0.400. The zero-order valence-electron chi connectivity index (χ0n) is 10.5. The summed E-state index contributed by atoms with van der Waals surface area (Å²) in [4.78, 5) is 4.39. The molecule has 0 spiro atoms. The molecule has 1 aromatic heterocycles. The average Bonchev–Trinajstić information content (AvgIpc) is 2.39. The fourth-order valence-corrected chi connectivity index (χ4v) is 2.78. The number of aromatic nitrogens is 1. The number of fused-ring (bicyclic) bond motifs is 1. The second-order valence-corrected chi connectivity index (χ2v) is 5.69. The molecule has 2 heterocycles. The molecule has 2 atom stereocenters. The Balaban J connectivity index is 1.91. The minimum Gasteiger partial charge on any atom is -0.310 e. The Labute approximate surface area is 112 Å². The molecule has 0 radical (unpaired) electrons. The quantitative estimate of drug-likeness (QED) is 0.840. The maximum atomic E-state index is 5.95. The minimum absolute atomic E-state index is 0.475. The molecule has 1 aliphatic heterocycles. The van der Waals surface area contributed by atoms with Crippen LogP contribution in [-0.4, -0.2) is 11.5 Å². The van der Waals surface area contributed by atoms with Gasteiger partial charge in [-0.15, -0.1) is 0 Å². The van der Waals surface area contributed by atoms with E-state index in [-0.39, 0.29) is 0 Å². The van der Waals surface area contributed by atoms with Crippen LogP contribution in [0.15, 0.2) is 30.5 Å². The summed E-state index contributed by atoms with van der Waals surface area (Å²) in [7, 11) is 0. The average molecular weight is 261 g/mol. The van der Waals surface area contributed by atoms with Gasteiger partial charge < -0.3 is 5.32 Å². The molecule has 18 heavy (non-hydrogen) atoms. The molecular formula is C15H17ClN2. The van der Waals surface area contributed by atoms with Gasteiger partial charge in [0.25, 0.3) is 0 Å². The SMILES string of the molecule is C[C@H]1CC[C@H](c2ccc3cc(Cl)cnc3c2)NC1. The first-order chi connectivity index (χ1) is 8.72. The Hall–Kier alpha value is -1.12. The van der Waals surface area contributed by atoms with Crippen molar-refractivity contribution in [2.45, 2.75) is 25.8 Å². The van der Waals surface area contributed by atoms with E-state index >= 15 is 0 Å². The van der Waals surface area contributed by atoms with Crippen LogP contribution >= 0.6 is 11.6 Å². The summed E-state index contributed by atoms with van der Waals surface area (Å²) in [6.07, 6.45) is 4.22. The van der Waals surface area contributed by atoms with E-state index in [1.165, 1.54) is 18.4 Å². The summed E-state index contributed by atoms with van der Waals surface area (Å²) in [5, 5.41) is 5.41. The van der Waals surface area contributed by atoms with E-state index in [1.807, 2.05) is 6.07 Å². The molecular weight excluding hydrogens is 244 g/mol. The highest BCUT2D eigenvalue weighted by Gasteiger charge is 2.18. The van der Waals surface area contributed by atoms with Crippen LogP contribution in [0.1, 0.15) is 31.4 Å². The number of pyridine rings is 1. The van der Waals surface area contributed by atoms with E-state index < -0.39 is 0 Å². The molecule has 0 unspecified atom stereocenters. The molecule has 3 rings (SSSR count). The van der Waals surface area contributed by atoms with Crippen LogP contribution in [-0.2, 0) is 0 Å². The number of nitrogens with zero attached hydrogens (tertiary/aromatic N) is 1. The molecule has 2 nitrogen and oxygen atoms in total. The van der Waals surface area contributed by atoms with Crippen LogP contribution in [0.3, 0.4) is 0 Å². The Bertz CT molecular complexity index is 559. The Morgan fingerprint density at radius 1 is 1.28 bits per heavy atom. The summed E-state index contributed by atoms with van der Waals surface area (Å²) in [5.74, 6) is 0.790. The van der Waals surface area contributed by atoms with Crippen molar-refractivity contribution in [2.75, 3.05) is 6.54 Å². The van der Waals surface area contributed by atoms with Crippen molar-refractivity contribution >= 4 is 22.5 Å². The highest BCUT2D eigenvalue weighted by Crippen LogP contribution is 2.27. The Morgan fingerprint density at radius 3 is 2.94 bits per heavy atom. The van der Waals surface area contributed by atoms with E-state index in [4.69, 9.17) is 11.6 Å². The second kappa shape index (κ2) is 4.87. The molecule has 3 heteroatoms. The van der Waals surface area contributed by atoms with Gasteiger partial charge in [-0.3, -0.25) is 4.98 Å². The lowest BCUT2D eigenvalue weighted by Gasteiger charge is -2.28. The molecule has 1 N–H and O–H groups in total. The topological polar surface area (TPSA) is 24.9 Å². The molecule has 1 aliphatic rings. The predicted octanol–water partition coefficient (Wildman–Crippen LogP) is 3.95. The molecule has 1 aromatic carbocycles. The van der Waals surface area contributed by atoms with Crippen LogP contribution in [0.5, 0.6) is 0 Å². The van der Waals surface area contributed by atoms with Gasteiger partial charge >= 0.3 is 0 Å². The minimum atomic E-state index is 0.475. The van der Waals surface area contributed by atoms with E-state index in [0.29, 0.717) is 11.1 Å². The van der Waals surface area contributed by atoms with Crippen molar-refractivity contribution in [3.8, 4) is 0 Å². The van der Waals surface area contributed by atoms with Gasteiger partial charge in [-0.05, 0) is 43.0 Å². The van der Waals surface area contributed by atoms with Crippen LogP contribution in [0, 0.1) is 5.92 Å². The maximum absolute atomic E-state index is 5.95. The third-order valence-corrected chi connectivity index (χ3v) is 3.94. The van der Waals surface area contributed by atoms with Gasteiger partial charge in [-0.2, -0.15) is 0 Å². The Kier molecular flexibility index (Phi) is 3.23. The molecule has 94 valence electrons. The Morgan fingerprint density at radius 2 is 2.17 bits per heavy atom. The van der Waals surface area contributed by atoms with E-state index in [2.05, 4.69) is 35.4 Å². The number of hydrogen-bond acceptors (Lipinski definition) is 2. The van der Waals surface area contributed by atoms with Gasteiger partial charge in [0.1, 0.15) is 0 Å². The number of halogens is 1. The largest absolute Gasteiger partial charge is 0.310 e. The monoisotopic (exact) mass is 260 g/mol. The first-order valence-electron chi connectivity index (χ1n) is 6.51. The third kappa shape index (κ3) is 2.36. The van der Waals surface area contributed by atoms with E-state index in [9.17, 15) is 0 Å².